The van der Waals surface area contributed by atoms with Crippen molar-refractivity contribution >= 4 is 37.5 Å². The Labute approximate surface area is 136 Å². The van der Waals surface area contributed by atoms with Crippen LogP contribution >= 0.6 is 15.9 Å². The van der Waals surface area contributed by atoms with Gasteiger partial charge < -0.3 is 4.90 Å². The van der Waals surface area contributed by atoms with Gasteiger partial charge in [0, 0.05) is 21.6 Å². The number of fused-ring (bicyclic) bond motifs is 1. The molecule has 0 spiro atoms. The van der Waals surface area contributed by atoms with E-state index in [0.717, 1.165) is 17.0 Å². The van der Waals surface area contributed by atoms with Crippen LogP contribution in [0.5, 0.6) is 0 Å². The van der Waals surface area contributed by atoms with Crippen LogP contribution in [0.2, 0.25) is 0 Å². The van der Waals surface area contributed by atoms with Gasteiger partial charge in [0.15, 0.2) is 0 Å². The van der Waals surface area contributed by atoms with Crippen LogP contribution in [0.4, 0.5) is 8.78 Å². The topological polar surface area (TPSA) is 33.2 Å². The number of pyridine rings is 1. The summed E-state index contributed by atoms with van der Waals surface area (Å²) in [4.78, 5) is 17.4. The fraction of sp³-hybridized carbons (Fsp3) is 0.143. The van der Waals surface area contributed by atoms with Crippen LogP contribution in [-0.4, -0.2) is 31.5 Å². The SMILES string of the molecule is [B]C1([B])c2ncccc2C(=O)N1Cc1c(F)cc(Br)cc1F. The Morgan fingerprint density at radius 1 is 1.27 bits per heavy atom. The zero-order valence-electron chi connectivity index (χ0n) is 11.2. The van der Waals surface area contributed by atoms with E-state index in [4.69, 9.17) is 15.7 Å². The number of benzene rings is 1. The highest BCUT2D eigenvalue weighted by Crippen LogP contribution is 2.35. The summed E-state index contributed by atoms with van der Waals surface area (Å²) < 4.78 is 28.2. The maximum Gasteiger partial charge on any atom is 0.255 e. The summed E-state index contributed by atoms with van der Waals surface area (Å²) in [5.41, 5.74) is 0.119. The highest BCUT2D eigenvalue weighted by atomic mass is 79.9. The molecule has 0 unspecified atom stereocenters. The maximum absolute atomic E-state index is 14.0. The van der Waals surface area contributed by atoms with Crippen molar-refractivity contribution in [1.29, 1.82) is 0 Å². The summed E-state index contributed by atoms with van der Waals surface area (Å²) in [6, 6.07) is 5.31. The fourth-order valence-corrected chi connectivity index (χ4v) is 2.82. The van der Waals surface area contributed by atoms with Crippen molar-refractivity contribution in [3.63, 3.8) is 0 Å². The molecule has 2 aromatic rings. The number of carbonyl (C=O) groups is 1. The summed E-state index contributed by atoms with van der Waals surface area (Å²) >= 11 is 3.00. The molecule has 22 heavy (non-hydrogen) atoms. The predicted molar refractivity (Wildman–Crippen MR) is 81.4 cm³/mol. The van der Waals surface area contributed by atoms with Crippen LogP contribution in [0.25, 0.3) is 0 Å². The number of nitrogens with zero attached hydrogens (tertiary/aromatic N) is 2. The van der Waals surface area contributed by atoms with Crippen molar-refractivity contribution in [2.75, 3.05) is 0 Å². The van der Waals surface area contributed by atoms with E-state index in [1.54, 1.807) is 6.07 Å². The van der Waals surface area contributed by atoms with Gasteiger partial charge in [-0.25, -0.2) is 8.78 Å². The molecule has 0 bridgehead atoms. The van der Waals surface area contributed by atoms with Gasteiger partial charge in [0.1, 0.15) is 11.6 Å². The van der Waals surface area contributed by atoms with E-state index in [2.05, 4.69) is 20.9 Å². The van der Waals surface area contributed by atoms with Gasteiger partial charge in [-0.15, -0.1) is 0 Å². The molecule has 0 atom stereocenters. The number of aromatic nitrogens is 1. The Bertz CT molecular complexity index is 762. The molecule has 0 saturated heterocycles. The molecule has 106 valence electrons. The van der Waals surface area contributed by atoms with Crippen LogP contribution in [0.3, 0.4) is 0 Å². The number of rotatable bonds is 2. The molecule has 4 radical (unpaired) electrons. The second-order valence-corrected chi connectivity index (χ2v) is 5.88. The van der Waals surface area contributed by atoms with E-state index in [9.17, 15) is 13.6 Å². The monoisotopic (exact) mass is 358 g/mol. The van der Waals surface area contributed by atoms with Crippen LogP contribution in [0.1, 0.15) is 21.6 Å². The van der Waals surface area contributed by atoms with E-state index >= 15 is 0 Å². The molecular weight excluding hydrogens is 352 g/mol. The van der Waals surface area contributed by atoms with Gasteiger partial charge in [-0.05, 0) is 24.3 Å². The van der Waals surface area contributed by atoms with E-state index in [1.165, 1.54) is 12.3 Å². The standard InChI is InChI=1S/C14H7B2BrF2N2O/c15-14(16)12-8(2-1-3-20-12)13(22)21(14)6-9-10(18)4-7(17)5-11(9)19/h1-5H,6H2. The molecule has 1 aliphatic heterocycles. The first kappa shape index (κ1) is 15.2. The Morgan fingerprint density at radius 3 is 2.50 bits per heavy atom. The van der Waals surface area contributed by atoms with Crippen molar-refractivity contribution in [3.8, 4) is 0 Å². The smallest absolute Gasteiger partial charge is 0.255 e. The van der Waals surface area contributed by atoms with Crippen molar-refractivity contribution in [2.24, 2.45) is 0 Å². The minimum absolute atomic E-state index is 0.179. The molecule has 1 aromatic heterocycles. The molecule has 1 amide bonds. The normalized spacial score (nSPS) is 16.0. The third-order valence-electron chi connectivity index (χ3n) is 3.53. The first-order valence-corrected chi connectivity index (χ1v) is 7.10. The lowest BCUT2D eigenvalue weighted by Gasteiger charge is -2.33. The van der Waals surface area contributed by atoms with Crippen LogP contribution in [0, 0.1) is 11.6 Å². The summed E-state index contributed by atoms with van der Waals surface area (Å²) in [5, 5.41) is -1.72. The lowest BCUT2D eigenvalue weighted by atomic mass is 9.59. The molecule has 2 heterocycles. The van der Waals surface area contributed by atoms with Crippen molar-refractivity contribution in [3.05, 3.63) is 63.4 Å². The van der Waals surface area contributed by atoms with Gasteiger partial charge in [0.25, 0.3) is 5.91 Å². The Hall–Kier alpha value is -1.69. The molecule has 0 N–H and O–H groups in total. The van der Waals surface area contributed by atoms with Crippen molar-refractivity contribution < 1.29 is 13.6 Å². The Kier molecular flexibility index (Phi) is 3.59. The molecule has 3 nitrogen and oxygen atoms in total. The highest BCUT2D eigenvalue weighted by Gasteiger charge is 2.43. The van der Waals surface area contributed by atoms with Gasteiger partial charge in [-0.3, -0.25) is 9.78 Å². The van der Waals surface area contributed by atoms with E-state index in [1.807, 2.05) is 0 Å². The number of hydrogen-bond acceptors (Lipinski definition) is 2. The summed E-state index contributed by atoms with van der Waals surface area (Å²) in [6.07, 6.45) is 1.45. The van der Waals surface area contributed by atoms with Crippen molar-refractivity contribution in [1.82, 2.24) is 9.88 Å². The lowest BCUT2D eigenvalue weighted by Crippen LogP contribution is -2.45. The van der Waals surface area contributed by atoms with Crippen LogP contribution < -0.4 is 0 Å². The van der Waals surface area contributed by atoms with Crippen LogP contribution in [-0.2, 0) is 11.9 Å². The molecule has 3 rings (SSSR count). The molecular formula is C14H7B2BrF2N2O. The quantitative estimate of drug-likeness (QED) is 0.771. The van der Waals surface area contributed by atoms with Gasteiger partial charge in [-0.2, -0.15) is 0 Å². The number of hydrogen-bond donors (Lipinski definition) is 0. The third kappa shape index (κ3) is 2.26. The lowest BCUT2D eigenvalue weighted by molar-refractivity contribution is 0.0727. The van der Waals surface area contributed by atoms with E-state index in [0.29, 0.717) is 0 Å². The minimum Gasteiger partial charge on any atom is -0.340 e. The molecule has 1 aromatic carbocycles. The largest absolute Gasteiger partial charge is 0.340 e. The molecule has 0 fully saturated rings. The minimum atomic E-state index is -1.72. The van der Waals surface area contributed by atoms with E-state index in [-0.39, 0.29) is 21.3 Å². The Morgan fingerprint density at radius 2 is 1.91 bits per heavy atom. The molecule has 1 aliphatic rings. The summed E-state index contributed by atoms with van der Waals surface area (Å²) in [5.74, 6) is -2.10. The second kappa shape index (κ2) is 5.19. The average Bonchev–Trinajstić information content (AvgIpc) is 2.63. The zero-order chi connectivity index (χ0) is 16.1. The number of amides is 1. The predicted octanol–water partition coefficient (Wildman–Crippen LogP) is 2.23. The molecule has 0 saturated carbocycles. The van der Waals surface area contributed by atoms with Gasteiger partial charge >= 0.3 is 0 Å². The number of halogens is 3. The second-order valence-electron chi connectivity index (χ2n) is 4.96. The average molecular weight is 359 g/mol. The summed E-state index contributed by atoms with van der Waals surface area (Å²) in [7, 11) is 11.9. The fourth-order valence-electron chi connectivity index (χ4n) is 2.42. The number of carbonyl (C=O) groups excluding carboxylic acids is 1. The highest BCUT2D eigenvalue weighted by molar-refractivity contribution is 9.10. The maximum atomic E-state index is 14.0. The zero-order valence-corrected chi connectivity index (χ0v) is 12.8. The third-order valence-corrected chi connectivity index (χ3v) is 3.99. The van der Waals surface area contributed by atoms with Gasteiger partial charge in [-0.1, -0.05) is 15.9 Å². The first-order valence-electron chi connectivity index (χ1n) is 6.31. The molecule has 8 heteroatoms. The van der Waals surface area contributed by atoms with Crippen LogP contribution in [0.15, 0.2) is 34.9 Å². The summed E-state index contributed by atoms with van der Waals surface area (Å²) in [6.45, 7) is -0.396. The first-order chi connectivity index (χ1) is 10.3. The van der Waals surface area contributed by atoms with Crippen molar-refractivity contribution in [2.45, 2.75) is 11.9 Å². The Balaban J connectivity index is 2.03. The van der Waals surface area contributed by atoms with Gasteiger partial charge in [0.05, 0.1) is 33.5 Å². The van der Waals surface area contributed by atoms with E-state index < -0.39 is 29.4 Å². The van der Waals surface area contributed by atoms with Gasteiger partial charge in [0.2, 0.25) is 0 Å². The molecule has 0 aliphatic carbocycles.